The van der Waals surface area contributed by atoms with Crippen LogP contribution >= 0.6 is 0 Å². The molecular weight excluding hydrogens is 302 g/mol. The van der Waals surface area contributed by atoms with Crippen molar-refractivity contribution in [3.05, 3.63) is 35.4 Å². The maximum Gasteiger partial charge on any atom is 0.126 e. The topological polar surface area (TPSA) is 0 Å². The van der Waals surface area contributed by atoms with Crippen LogP contribution in [0, 0.1) is 29.4 Å². The van der Waals surface area contributed by atoms with Crippen molar-refractivity contribution in [3.8, 4) is 0 Å². The highest BCUT2D eigenvalue weighted by Crippen LogP contribution is 2.40. The van der Waals surface area contributed by atoms with Crippen molar-refractivity contribution in [1.82, 2.24) is 0 Å². The Labute approximate surface area is 146 Å². The zero-order valence-electron chi connectivity index (χ0n) is 15.1. The molecule has 0 saturated heterocycles. The summed E-state index contributed by atoms with van der Waals surface area (Å²) in [5, 5.41) is 0. The van der Waals surface area contributed by atoms with Crippen molar-refractivity contribution in [2.24, 2.45) is 17.8 Å². The summed E-state index contributed by atoms with van der Waals surface area (Å²) in [5.41, 5.74) is 0.865. The molecule has 2 aliphatic carbocycles. The molecule has 2 fully saturated rings. The van der Waals surface area contributed by atoms with Gasteiger partial charge in [0.2, 0.25) is 0 Å². The first kappa shape index (κ1) is 17.9. The van der Waals surface area contributed by atoms with Crippen LogP contribution in [0.3, 0.4) is 0 Å². The van der Waals surface area contributed by atoms with Gasteiger partial charge in [-0.3, -0.25) is 0 Å². The van der Waals surface area contributed by atoms with Gasteiger partial charge in [-0.2, -0.15) is 0 Å². The SMILES string of the molecule is CCC1CCC(CCC2CCC(c3cc(F)cc(F)c3)CC2)CC1. The maximum absolute atomic E-state index is 13.4. The van der Waals surface area contributed by atoms with E-state index in [9.17, 15) is 8.78 Å². The molecule has 2 saturated carbocycles. The molecule has 0 heterocycles. The minimum Gasteiger partial charge on any atom is -0.207 e. The number of rotatable bonds is 5. The molecule has 1 aromatic rings. The van der Waals surface area contributed by atoms with Crippen molar-refractivity contribution in [2.45, 2.75) is 83.5 Å². The van der Waals surface area contributed by atoms with Gasteiger partial charge in [-0.05, 0) is 67.1 Å². The molecule has 24 heavy (non-hydrogen) atoms. The van der Waals surface area contributed by atoms with Gasteiger partial charge in [0.05, 0.1) is 0 Å². The fraction of sp³-hybridized carbons (Fsp3) is 0.727. The fourth-order valence-corrected chi connectivity index (χ4v) is 5.00. The van der Waals surface area contributed by atoms with E-state index in [1.165, 1.54) is 69.9 Å². The van der Waals surface area contributed by atoms with Crippen LogP contribution in [0.2, 0.25) is 0 Å². The van der Waals surface area contributed by atoms with E-state index >= 15 is 0 Å². The third-order valence-corrected chi connectivity index (χ3v) is 6.73. The second kappa shape index (κ2) is 8.45. The van der Waals surface area contributed by atoms with Crippen molar-refractivity contribution in [3.63, 3.8) is 0 Å². The van der Waals surface area contributed by atoms with Crippen molar-refractivity contribution in [1.29, 1.82) is 0 Å². The molecule has 3 rings (SSSR count). The van der Waals surface area contributed by atoms with E-state index in [4.69, 9.17) is 0 Å². The lowest BCUT2D eigenvalue weighted by Crippen LogP contribution is -2.17. The smallest absolute Gasteiger partial charge is 0.126 e. The van der Waals surface area contributed by atoms with Gasteiger partial charge in [-0.1, -0.05) is 51.9 Å². The summed E-state index contributed by atoms with van der Waals surface area (Å²) in [7, 11) is 0. The molecule has 0 nitrogen and oxygen atoms in total. The van der Waals surface area contributed by atoms with Crippen LogP contribution in [0.5, 0.6) is 0 Å². The molecule has 0 amide bonds. The van der Waals surface area contributed by atoms with Gasteiger partial charge >= 0.3 is 0 Å². The van der Waals surface area contributed by atoms with Crippen LogP contribution in [0.15, 0.2) is 18.2 Å². The predicted octanol–water partition coefficient (Wildman–Crippen LogP) is 7.24. The Morgan fingerprint density at radius 3 is 1.67 bits per heavy atom. The molecule has 0 unspecified atom stereocenters. The van der Waals surface area contributed by atoms with Gasteiger partial charge in [-0.25, -0.2) is 8.78 Å². The molecule has 0 atom stereocenters. The lowest BCUT2D eigenvalue weighted by atomic mass is 9.74. The van der Waals surface area contributed by atoms with Crippen LogP contribution in [-0.2, 0) is 0 Å². The third kappa shape index (κ3) is 4.80. The molecule has 0 spiro atoms. The van der Waals surface area contributed by atoms with Crippen LogP contribution in [0.25, 0.3) is 0 Å². The monoisotopic (exact) mass is 334 g/mol. The van der Waals surface area contributed by atoms with Gasteiger partial charge in [0, 0.05) is 6.07 Å². The maximum atomic E-state index is 13.4. The summed E-state index contributed by atoms with van der Waals surface area (Å²) >= 11 is 0. The summed E-state index contributed by atoms with van der Waals surface area (Å²) in [6, 6.07) is 4.03. The second-order valence-electron chi connectivity index (χ2n) is 8.29. The third-order valence-electron chi connectivity index (χ3n) is 6.73. The lowest BCUT2D eigenvalue weighted by molar-refractivity contribution is 0.227. The standard InChI is InChI=1S/C22H32F2/c1-2-16-3-5-17(6-4-16)7-8-18-9-11-19(12-10-18)20-13-21(23)15-22(24)14-20/h13-19H,2-12H2,1H3. The van der Waals surface area contributed by atoms with E-state index in [-0.39, 0.29) is 0 Å². The average Bonchev–Trinajstić information content (AvgIpc) is 2.60. The first-order valence-electron chi connectivity index (χ1n) is 10.1. The Kier molecular flexibility index (Phi) is 6.30. The van der Waals surface area contributed by atoms with Gasteiger partial charge in [0.1, 0.15) is 11.6 Å². The molecule has 0 aliphatic heterocycles. The lowest BCUT2D eigenvalue weighted by Gasteiger charge is -2.32. The Hall–Kier alpha value is -0.920. The zero-order valence-corrected chi connectivity index (χ0v) is 15.1. The summed E-state index contributed by atoms with van der Waals surface area (Å²) in [4.78, 5) is 0. The average molecular weight is 334 g/mol. The zero-order chi connectivity index (χ0) is 16.9. The van der Waals surface area contributed by atoms with Crippen molar-refractivity contribution < 1.29 is 8.78 Å². The summed E-state index contributed by atoms with van der Waals surface area (Å²) in [5.74, 6) is 2.27. The van der Waals surface area contributed by atoms with Crippen molar-refractivity contribution >= 4 is 0 Å². The van der Waals surface area contributed by atoms with Crippen LogP contribution in [-0.4, -0.2) is 0 Å². The van der Waals surface area contributed by atoms with Gasteiger partial charge in [0.25, 0.3) is 0 Å². The van der Waals surface area contributed by atoms with E-state index in [1.807, 2.05) is 0 Å². The quantitative estimate of drug-likeness (QED) is 0.532. The Morgan fingerprint density at radius 2 is 1.17 bits per heavy atom. The van der Waals surface area contributed by atoms with Crippen LogP contribution in [0.4, 0.5) is 8.78 Å². The predicted molar refractivity (Wildman–Crippen MR) is 96.0 cm³/mol. The number of hydrogen-bond donors (Lipinski definition) is 0. The summed E-state index contributed by atoms with van der Waals surface area (Å²) < 4.78 is 26.8. The number of benzene rings is 1. The number of hydrogen-bond acceptors (Lipinski definition) is 0. The highest BCUT2D eigenvalue weighted by Gasteiger charge is 2.25. The van der Waals surface area contributed by atoms with Crippen LogP contribution in [0.1, 0.15) is 89.0 Å². The Morgan fingerprint density at radius 1 is 0.708 bits per heavy atom. The summed E-state index contributed by atoms with van der Waals surface area (Å²) in [6.07, 6.45) is 14.5. The molecule has 0 bridgehead atoms. The normalized spacial score (nSPS) is 31.1. The molecule has 0 radical (unpaired) electrons. The molecular formula is C22H32F2. The first-order valence-corrected chi connectivity index (χ1v) is 10.1. The van der Waals surface area contributed by atoms with Gasteiger partial charge in [0.15, 0.2) is 0 Å². The number of halogens is 2. The second-order valence-corrected chi connectivity index (χ2v) is 8.29. The molecule has 2 heteroatoms. The minimum atomic E-state index is -0.435. The molecule has 134 valence electrons. The molecule has 1 aromatic carbocycles. The Bertz CT molecular complexity index is 488. The largest absolute Gasteiger partial charge is 0.207 e. The Balaban J connectivity index is 1.41. The minimum absolute atomic E-state index is 0.353. The van der Waals surface area contributed by atoms with Gasteiger partial charge in [-0.15, -0.1) is 0 Å². The van der Waals surface area contributed by atoms with Crippen LogP contribution < -0.4 is 0 Å². The highest BCUT2D eigenvalue weighted by molar-refractivity contribution is 5.22. The molecule has 0 N–H and O–H groups in total. The van der Waals surface area contributed by atoms with E-state index in [0.717, 1.165) is 42.2 Å². The molecule has 0 aromatic heterocycles. The van der Waals surface area contributed by atoms with E-state index in [0.29, 0.717) is 5.92 Å². The van der Waals surface area contributed by atoms with Crippen molar-refractivity contribution in [2.75, 3.05) is 0 Å². The fourth-order valence-electron chi connectivity index (χ4n) is 5.00. The first-order chi connectivity index (χ1) is 11.6. The van der Waals surface area contributed by atoms with E-state index in [2.05, 4.69) is 6.92 Å². The van der Waals surface area contributed by atoms with Gasteiger partial charge < -0.3 is 0 Å². The molecule has 2 aliphatic rings. The summed E-state index contributed by atoms with van der Waals surface area (Å²) in [6.45, 7) is 2.33. The van der Waals surface area contributed by atoms with E-state index < -0.39 is 11.6 Å². The van der Waals surface area contributed by atoms with E-state index in [1.54, 1.807) is 0 Å². The highest BCUT2D eigenvalue weighted by atomic mass is 19.1.